The van der Waals surface area contributed by atoms with Gasteiger partial charge in [0.05, 0.1) is 7.11 Å². The molecule has 0 N–H and O–H groups in total. The van der Waals surface area contributed by atoms with Gasteiger partial charge in [-0.15, -0.1) is 0 Å². The van der Waals surface area contributed by atoms with Crippen LogP contribution in [0.4, 0.5) is 0 Å². The van der Waals surface area contributed by atoms with Crippen molar-refractivity contribution in [2.24, 2.45) is 0 Å². The van der Waals surface area contributed by atoms with Crippen molar-refractivity contribution in [2.75, 3.05) is 13.7 Å². The molecule has 2 rings (SSSR count). The summed E-state index contributed by atoms with van der Waals surface area (Å²) < 4.78 is 10.6. The van der Waals surface area contributed by atoms with Crippen LogP contribution >= 0.6 is 0 Å². The van der Waals surface area contributed by atoms with Crippen molar-refractivity contribution in [1.82, 2.24) is 0 Å². The minimum absolute atomic E-state index is 0.121. The van der Waals surface area contributed by atoms with Crippen LogP contribution in [0.2, 0.25) is 0 Å². The van der Waals surface area contributed by atoms with Gasteiger partial charge in [-0.1, -0.05) is 17.9 Å². The maximum absolute atomic E-state index is 5.43. The van der Waals surface area contributed by atoms with Gasteiger partial charge in [0.1, 0.15) is 11.9 Å². The second-order valence-electron chi connectivity index (χ2n) is 3.50. The quantitative estimate of drug-likeness (QED) is 0.650. The van der Waals surface area contributed by atoms with Crippen molar-refractivity contribution in [3.05, 3.63) is 29.8 Å². The zero-order valence-electron chi connectivity index (χ0n) is 8.82. The fourth-order valence-corrected chi connectivity index (χ4v) is 1.56. The molecule has 1 aromatic rings. The number of hydrogen-bond donors (Lipinski definition) is 0. The number of methoxy groups -OCH3 is 1. The maximum atomic E-state index is 5.43. The van der Waals surface area contributed by atoms with E-state index < -0.39 is 0 Å². The first-order chi connectivity index (χ1) is 7.38. The SMILES string of the molecule is COc1cccc(C#C[C@H]2CCCO2)c1. The Morgan fingerprint density at radius 1 is 1.47 bits per heavy atom. The zero-order valence-corrected chi connectivity index (χ0v) is 8.82. The predicted molar refractivity (Wildman–Crippen MR) is 58.8 cm³/mol. The topological polar surface area (TPSA) is 18.5 Å². The standard InChI is InChI=1S/C13H14O2/c1-14-13-5-2-4-11(10-13)7-8-12-6-3-9-15-12/h2,4-5,10,12H,3,6,9H2,1H3/t12-/m1/s1. The molecule has 1 atom stereocenters. The molecule has 0 amide bonds. The molecule has 0 aliphatic carbocycles. The van der Waals surface area contributed by atoms with E-state index in [1.165, 1.54) is 0 Å². The van der Waals surface area contributed by atoms with E-state index in [1.54, 1.807) is 7.11 Å². The fraction of sp³-hybridized carbons (Fsp3) is 0.385. The molecule has 15 heavy (non-hydrogen) atoms. The first-order valence-electron chi connectivity index (χ1n) is 5.16. The van der Waals surface area contributed by atoms with Crippen LogP contribution in [0, 0.1) is 11.8 Å². The summed E-state index contributed by atoms with van der Waals surface area (Å²) in [5.74, 6) is 7.07. The molecule has 0 radical (unpaired) electrons. The lowest BCUT2D eigenvalue weighted by molar-refractivity contribution is 0.152. The van der Waals surface area contributed by atoms with E-state index in [-0.39, 0.29) is 6.10 Å². The number of ether oxygens (including phenoxy) is 2. The van der Waals surface area contributed by atoms with Gasteiger partial charge >= 0.3 is 0 Å². The van der Waals surface area contributed by atoms with Crippen molar-refractivity contribution in [2.45, 2.75) is 18.9 Å². The van der Waals surface area contributed by atoms with E-state index in [2.05, 4.69) is 11.8 Å². The van der Waals surface area contributed by atoms with Crippen LogP contribution < -0.4 is 4.74 Å². The summed E-state index contributed by atoms with van der Waals surface area (Å²) in [4.78, 5) is 0. The van der Waals surface area contributed by atoms with Crippen molar-refractivity contribution < 1.29 is 9.47 Å². The van der Waals surface area contributed by atoms with E-state index in [4.69, 9.17) is 9.47 Å². The lowest BCUT2D eigenvalue weighted by atomic mass is 10.2. The molecule has 1 heterocycles. The Morgan fingerprint density at radius 3 is 3.13 bits per heavy atom. The normalized spacial score (nSPS) is 19.4. The van der Waals surface area contributed by atoms with Crippen LogP contribution in [0.1, 0.15) is 18.4 Å². The summed E-state index contributed by atoms with van der Waals surface area (Å²) in [6.07, 6.45) is 2.30. The van der Waals surface area contributed by atoms with Crippen LogP contribution in [0.15, 0.2) is 24.3 Å². The summed E-state index contributed by atoms with van der Waals surface area (Å²) in [5.41, 5.74) is 0.977. The molecular formula is C13H14O2. The molecular weight excluding hydrogens is 188 g/mol. The molecule has 0 unspecified atom stereocenters. The minimum atomic E-state index is 0.121. The van der Waals surface area contributed by atoms with Crippen molar-refractivity contribution in [3.8, 4) is 17.6 Å². The Balaban J connectivity index is 2.08. The Labute approximate surface area is 90.2 Å². The Morgan fingerprint density at radius 2 is 2.40 bits per heavy atom. The molecule has 1 aromatic carbocycles. The highest BCUT2D eigenvalue weighted by atomic mass is 16.5. The van der Waals surface area contributed by atoms with Crippen LogP contribution in [0.5, 0.6) is 5.75 Å². The summed E-state index contributed by atoms with van der Waals surface area (Å²) in [6.45, 7) is 0.845. The van der Waals surface area contributed by atoms with Gasteiger partial charge in [0.15, 0.2) is 0 Å². The minimum Gasteiger partial charge on any atom is -0.497 e. The van der Waals surface area contributed by atoms with Gasteiger partial charge in [-0.25, -0.2) is 0 Å². The fourth-order valence-electron chi connectivity index (χ4n) is 1.56. The Hall–Kier alpha value is -1.46. The average molecular weight is 202 g/mol. The highest BCUT2D eigenvalue weighted by Crippen LogP contribution is 2.13. The molecule has 1 saturated heterocycles. The number of rotatable bonds is 1. The third-order valence-corrected chi connectivity index (χ3v) is 2.38. The van der Waals surface area contributed by atoms with Gasteiger partial charge in [0.2, 0.25) is 0 Å². The highest BCUT2D eigenvalue weighted by molar-refractivity contribution is 5.40. The maximum Gasteiger partial charge on any atom is 0.120 e. The highest BCUT2D eigenvalue weighted by Gasteiger charge is 2.11. The average Bonchev–Trinajstić information content (AvgIpc) is 2.79. The molecule has 0 aromatic heterocycles. The first kappa shape index (κ1) is 10.1. The zero-order chi connectivity index (χ0) is 10.5. The largest absolute Gasteiger partial charge is 0.497 e. The molecule has 0 bridgehead atoms. The molecule has 78 valence electrons. The lowest BCUT2D eigenvalue weighted by Gasteiger charge is -1.99. The summed E-state index contributed by atoms with van der Waals surface area (Å²) in [6, 6.07) is 7.77. The van der Waals surface area contributed by atoms with Gasteiger partial charge in [-0.3, -0.25) is 0 Å². The molecule has 1 aliphatic heterocycles. The molecule has 1 fully saturated rings. The Kier molecular flexibility index (Phi) is 3.26. The molecule has 2 heteroatoms. The van der Waals surface area contributed by atoms with Crippen LogP contribution in [-0.2, 0) is 4.74 Å². The summed E-state index contributed by atoms with van der Waals surface area (Å²) in [7, 11) is 1.66. The van der Waals surface area contributed by atoms with Crippen LogP contribution in [0.3, 0.4) is 0 Å². The monoisotopic (exact) mass is 202 g/mol. The molecule has 0 saturated carbocycles. The van der Waals surface area contributed by atoms with Gasteiger partial charge in [-0.05, 0) is 31.0 Å². The van der Waals surface area contributed by atoms with Gasteiger partial charge in [0.25, 0.3) is 0 Å². The van der Waals surface area contributed by atoms with Gasteiger partial charge in [0, 0.05) is 12.2 Å². The van der Waals surface area contributed by atoms with E-state index >= 15 is 0 Å². The van der Waals surface area contributed by atoms with Gasteiger partial charge in [-0.2, -0.15) is 0 Å². The van der Waals surface area contributed by atoms with E-state index in [9.17, 15) is 0 Å². The number of benzene rings is 1. The molecule has 1 aliphatic rings. The third-order valence-electron chi connectivity index (χ3n) is 2.38. The smallest absolute Gasteiger partial charge is 0.120 e. The molecule has 0 spiro atoms. The third kappa shape index (κ3) is 2.74. The molecule has 2 nitrogen and oxygen atoms in total. The second kappa shape index (κ2) is 4.86. The second-order valence-corrected chi connectivity index (χ2v) is 3.50. The Bertz CT molecular complexity index is 381. The van der Waals surface area contributed by atoms with Crippen molar-refractivity contribution in [1.29, 1.82) is 0 Å². The predicted octanol–water partition coefficient (Wildman–Crippen LogP) is 2.23. The summed E-state index contributed by atoms with van der Waals surface area (Å²) >= 11 is 0. The summed E-state index contributed by atoms with van der Waals surface area (Å²) in [5, 5.41) is 0. The van der Waals surface area contributed by atoms with Crippen LogP contribution in [0.25, 0.3) is 0 Å². The lowest BCUT2D eigenvalue weighted by Crippen LogP contribution is -1.99. The first-order valence-corrected chi connectivity index (χ1v) is 5.16. The van der Waals surface area contributed by atoms with E-state index in [0.717, 1.165) is 30.8 Å². The number of hydrogen-bond acceptors (Lipinski definition) is 2. The van der Waals surface area contributed by atoms with Crippen LogP contribution in [-0.4, -0.2) is 19.8 Å². The van der Waals surface area contributed by atoms with Crippen molar-refractivity contribution >= 4 is 0 Å². The van der Waals surface area contributed by atoms with Crippen molar-refractivity contribution in [3.63, 3.8) is 0 Å². The van der Waals surface area contributed by atoms with E-state index in [0.29, 0.717) is 0 Å². The van der Waals surface area contributed by atoms with Gasteiger partial charge < -0.3 is 9.47 Å². The van der Waals surface area contributed by atoms with E-state index in [1.807, 2.05) is 24.3 Å².